The highest BCUT2D eigenvalue weighted by Crippen LogP contribution is 2.04. The van der Waals surface area contributed by atoms with Gasteiger partial charge in [-0.05, 0) is 23.8 Å². The van der Waals surface area contributed by atoms with Gasteiger partial charge >= 0.3 is 0 Å². The van der Waals surface area contributed by atoms with Crippen LogP contribution < -0.4 is 5.32 Å². The van der Waals surface area contributed by atoms with Gasteiger partial charge < -0.3 is 5.32 Å². The molecule has 0 bridgehead atoms. The van der Waals surface area contributed by atoms with Crippen LogP contribution in [0.5, 0.6) is 0 Å². The van der Waals surface area contributed by atoms with Crippen molar-refractivity contribution < 1.29 is 0 Å². The van der Waals surface area contributed by atoms with Crippen molar-refractivity contribution in [2.45, 2.75) is 25.8 Å². The van der Waals surface area contributed by atoms with Gasteiger partial charge in [0.15, 0.2) is 0 Å². The first-order chi connectivity index (χ1) is 6.43. The summed E-state index contributed by atoms with van der Waals surface area (Å²) in [5, 5.41) is 3.41. The zero-order valence-electron chi connectivity index (χ0n) is 7.63. The third kappa shape index (κ3) is 5.59. The molecule has 74 valence electrons. The average Bonchev–Trinajstić information content (AvgIpc) is 2.63. The second kappa shape index (κ2) is 7.70. The lowest BCUT2D eigenvalue weighted by Gasteiger charge is -2.01. The zero-order valence-corrected chi connectivity index (χ0v) is 10.6. The smallest absolute Gasteiger partial charge is 0.0794 e. The molecule has 1 rings (SSSR count). The molecule has 2 nitrogen and oxygen atoms in total. The second-order valence-corrected chi connectivity index (χ2v) is 4.94. The molecule has 0 unspecified atom stereocenters. The Kier molecular flexibility index (Phi) is 6.75. The Bertz CT molecular complexity index is 201. The lowest BCUT2D eigenvalue weighted by atomic mass is 10.2. The highest BCUT2D eigenvalue weighted by molar-refractivity contribution is 14.1. The molecule has 0 radical (unpaired) electrons. The predicted molar refractivity (Wildman–Crippen MR) is 66.6 cm³/mol. The number of aromatic nitrogens is 1. The minimum absolute atomic E-state index is 0.981. The van der Waals surface area contributed by atoms with E-state index in [0.29, 0.717) is 0 Å². The van der Waals surface area contributed by atoms with E-state index in [1.165, 1.54) is 28.6 Å². The summed E-state index contributed by atoms with van der Waals surface area (Å²) in [5.74, 6) is 0. The number of unbranched alkanes of at least 4 members (excludes halogenated alkanes) is 2. The maximum Gasteiger partial charge on any atom is 0.0794 e. The number of halogens is 1. The van der Waals surface area contributed by atoms with Crippen LogP contribution in [-0.2, 0) is 6.54 Å². The molecule has 1 aromatic heterocycles. The Hall–Kier alpha value is 0.320. The van der Waals surface area contributed by atoms with Crippen molar-refractivity contribution in [3.8, 4) is 0 Å². The van der Waals surface area contributed by atoms with Crippen molar-refractivity contribution >= 4 is 33.9 Å². The van der Waals surface area contributed by atoms with Gasteiger partial charge in [-0.3, -0.25) is 4.98 Å². The van der Waals surface area contributed by atoms with Gasteiger partial charge in [-0.25, -0.2) is 0 Å². The molecular formula is C9H15IN2S. The number of hydrogen-bond acceptors (Lipinski definition) is 3. The van der Waals surface area contributed by atoms with Gasteiger partial charge in [-0.15, -0.1) is 11.3 Å². The Balaban J connectivity index is 1.90. The first kappa shape index (κ1) is 11.4. The largest absolute Gasteiger partial charge is 0.312 e. The maximum absolute atomic E-state index is 4.03. The molecule has 0 aromatic carbocycles. The highest BCUT2D eigenvalue weighted by Gasteiger charge is 1.93. The second-order valence-electron chi connectivity index (χ2n) is 2.89. The highest BCUT2D eigenvalue weighted by atomic mass is 127. The summed E-state index contributed by atoms with van der Waals surface area (Å²) >= 11 is 4.15. The topological polar surface area (TPSA) is 24.9 Å². The monoisotopic (exact) mass is 310 g/mol. The van der Waals surface area contributed by atoms with Crippen molar-refractivity contribution in [1.29, 1.82) is 0 Å². The fraction of sp³-hybridized carbons (Fsp3) is 0.667. The summed E-state index contributed by atoms with van der Waals surface area (Å²) in [4.78, 5) is 5.36. The number of rotatable bonds is 7. The van der Waals surface area contributed by atoms with E-state index in [1.807, 2.05) is 11.7 Å². The van der Waals surface area contributed by atoms with E-state index < -0.39 is 0 Å². The Labute approximate surface area is 97.3 Å². The third-order valence-electron chi connectivity index (χ3n) is 1.77. The lowest BCUT2D eigenvalue weighted by molar-refractivity contribution is 0.623. The fourth-order valence-electron chi connectivity index (χ4n) is 1.06. The summed E-state index contributed by atoms with van der Waals surface area (Å²) < 4.78 is 1.28. The van der Waals surface area contributed by atoms with Crippen molar-refractivity contribution in [2.75, 3.05) is 11.0 Å². The van der Waals surface area contributed by atoms with Crippen LogP contribution in [0.3, 0.4) is 0 Å². The summed E-state index contributed by atoms with van der Waals surface area (Å²) in [6.45, 7) is 2.11. The fourth-order valence-corrected chi connectivity index (χ4v) is 2.17. The van der Waals surface area contributed by atoms with E-state index in [9.17, 15) is 0 Å². The molecule has 4 heteroatoms. The molecule has 0 fully saturated rings. The van der Waals surface area contributed by atoms with Crippen LogP contribution in [-0.4, -0.2) is 16.0 Å². The zero-order chi connectivity index (χ0) is 9.36. The summed E-state index contributed by atoms with van der Waals surface area (Å²) in [6, 6.07) is 0. The van der Waals surface area contributed by atoms with Gasteiger partial charge in [0, 0.05) is 17.6 Å². The van der Waals surface area contributed by atoms with E-state index >= 15 is 0 Å². The average molecular weight is 310 g/mol. The van der Waals surface area contributed by atoms with Crippen molar-refractivity contribution in [2.24, 2.45) is 0 Å². The minimum atomic E-state index is 0.981. The van der Waals surface area contributed by atoms with Crippen LogP contribution in [0, 0.1) is 0 Å². The third-order valence-corrected chi connectivity index (χ3v) is 3.31. The van der Waals surface area contributed by atoms with Gasteiger partial charge in [-0.1, -0.05) is 29.0 Å². The number of nitrogens with one attached hydrogen (secondary N) is 1. The van der Waals surface area contributed by atoms with Gasteiger partial charge in [0.05, 0.1) is 5.51 Å². The van der Waals surface area contributed by atoms with E-state index in [0.717, 1.165) is 13.1 Å². The van der Waals surface area contributed by atoms with Crippen molar-refractivity contribution in [1.82, 2.24) is 10.3 Å². The number of alkyl halides is 1. The standard InChI is InChI=1S/C9H15IN2S/c10-4-2-1-3-5-11-6-9-7-12-8-13-9/h7-8,11H,1-6H2. The van der Waals surface area contributed by atoms with E-state index in [1.54, 1.807) is 11.3 Å². The summed E-state index contributed by atoms with van der Waals surface area (Å²) in [7, 11) is 0. The van der Waals surface area contributed by atoms with E-state index in [2.05, 4.69) is 32.9 Å². The lowest BCUT2D eigenvalue weighted by Crippen LogP contribution is -2.13. The molecular weight excluding hydrogens is 295 g/mol. The van der Waals surface area contributed by atoms with Crippen molar-refractivity contribution in [3.05, 3.63) is 16.6 Å². The Morgan fingerprint density at radius 1 is 1.38 bits per heavy atom. The van der Waals surface area contributed by atoms with Crippen LogP contribution >= 0.6 is 33.9 Å². The molecule has 1 heterocycles. The molecule has 0 aliphatic rings. The molecule has 0 spiro atoms. The summed E-state index contributed by atoms with van der Waals surface area (Å²) in [5.41, 5.74) is 1.88. The molecule has 0 amide bonds. The maximum atomic E-state index is 4.03. The van der Waals surface area contributed by atoms with Gasteiger partial charge in [0.2, 0.25) is 0 Å². The number of nitrogens with zero attached hydrogens (tertiary/aromatic N) is 1. The Morgan fingerprint density at radius 2 is 2.31 bits per heavy atom. The first-order valence-electron chi connectivity index (χ1n) is 4.57. The van der Waals surface area contributed by atoms with Gasteiger partial charge in [0.1, 0.15) is 0 Å². The van der Waals surface area contributed by atoms with Gasteiger partial charge in [0.25, 0.3) is 0 Å². The molecule has 0 aliphatic heterocycles. The molecule has 0 saturated heterocycles. The number of hydrogen-bond donors (Lipinski definition) is 1. The van der Waals surface area contributed by atoms with Gasteiger partial charge in [-0.2, -0.15) is 0 Å². The molecule has 1 aromatic rings. The SMILES string of the molecule is ICCCCCNCc1cncs1. The minimum Gasteiger partial charge on any atom is -0.312 e. The molecule has 13 heavy (non-hydrogen) atoms. The van der Waals surface area contributed by atoms with Crippen LogP contribution in [0.2, 0.25) is 0 Å². The van der Waals surface area contributed by atoms with Crippen LogP contribution in [0.4, 0.5) is 0 Å². The molecule has 0 atom stereocenters. The quantitative estimate of drug-likeness (QED) is 0.476. The van der Waals surface area contributed by atoms with Crippen LogP contribution in [0.25, 0.3) is 0 Å². The first-order valence-corrected chi connectivity index (χ1v) is 6.98. The molecule has 0 saturated carbocycles. The van der Waals surface area contributed by atoms with Crippen LogP contribution in [0.15, 0.2) is 11.7 Å². The Morgan fingerprint density at radius 3 is 3.00 bits per heavy atom. The molecule has 1 N–H and O–H groups in total. The van der Waals surface area contributed by atoms with Crippen molar-refractivity contribution in [3.63, 3.8) is 0 Å². The summed E-state index contributed by atoms with van der Waals surface area (Å²) in [6.07, 6.45) is 5.92. The van der Waals surface area contributed by atoms with Crippen LogP contribution in [0.1, 0.15) is 24.1 Å². The molecule has 0 aliphatic carbocycles. The number of thiazole rings is 1. The normalized spacial score (nSPS) is 10.5. The van der Waals surface area contributed by atoms with E-state index in [4.69, 9.17) is 0 Å². The van der Waals surface area contributed by atoms with E-state index in [-0.39, 0.29) is 0 Å². The predicted octanol–water partition coefficient (Wildman–Crippen LogP) is 2.84.